The minimum absolute atomic E-state index is 0.0255. The number of hydrogen-bond donors (Lipinski definition) is 2. The van der Waals surface area contributed by atoms with Crippen molar-refractivity contribution in [3.05, 3.63) is 59.7 Å². The van der Waals surface area contributed by atoms with E-state index in [1.807, 2.05) is 62.4 Å². The summed E-state index contributed by atoms with van der Waals surface area (Å²) < 4.78 is 0. The SMILES string of the molecule is Cc1ccc(N2CC(C(=O)NC(C)c3ccc(NC(=O)C4CC4)cc3)CC2=O)cc1. The summed E-state index contributed by atoms with van der Waals surface area (Å²) in [5.74, 6) is -0.262. The zero-order valence-electron chi connectivity index (χ0n) is 17.4. The van der Waals surface area contributed by atoms with Gasteiger partial charge in [0.25, 0.3) is 0 Å². The molecule has 0 radical (unpaired) electrons. The van der Waals surface area contributed by atoms with Crippen molar-refractivity contribution >= 4 is 29.1 Å². The van der Waals surface area contributed by atoms with E-state index >= 15 is 0 Å². The van der Waals surface area contributed by atoms with E-state index in [1.54, 1.807) is 4.90 Å². The Labute approximate surface area is 176 Å². The molecular formula is C24H27N3O3. The van der Waals surface area contributed by atoms with E-state index in [-0.39, 0.29) is 42.0 Å². The van der Waals surface area contributed by atoms with E-state index in [0.29, 0.717) is 6.54 Å². The van der Waals surface area contributed by atoms with Gasteiger partial charge in [-0.2, -0.15) is 0 Å². The van der Waals surface area contributed by atoms with Crippen LogP contribution in [0.3, 0.4) is 0 Å². The second-order valence-corrected chi connectivity index (χ2v) is 8.36. The van der Waals surface area contributed by atoms with Gasteiger partial charge in [0.2, 0.25) is 17.7 Å². The highest BCUT2D eigenvalue weighted by Crippen LogP contribution is 2.30. The normalized spacial score (nSPS) is 19.5. The summed E-state index contributed by atoms with van der Waals surface area (Å²) in [5.41, 5.74) is 3.68. The van der Waals surface area contributed by atoms with Crippen LogP contribution in [-0.2, 0) is 14.4 Å². The number of rotatable bonds is 6. The highest BCUT2D eigenvalue weighted by molar-refractivity contribution is 6.00. The van der Waals surface area contributed by atoms with Gasteiger partial charge in [0.05, 0.1) is 12.0 Å². The van der Waals surface area contributed by atoms with Crippen molar-refractivity contribution in [2.75, 3.05) is 16.8 Å². The smallest absolute Gasteiger partial charge is 0.227 e. The summed E-state index contributed by atoms with van der Waals surface area (Å²) >= 11 is 0. The molecule has 3 amide bonds. The number of anilines is 2. The van der Waals surface area contributed by atoms with Crippen LogP contribution in [0, 0.1) is 18.8 Å². The third-order valence-corrected chi connectivity index (χ3v) is 5.83. The van der Waals surface area contributed by atoms with Gasteiger partial charge in [-0.1, -0.05) is 29.8 Å². The van der Waals surface area contributed by atoms with E-state index in [9.17, 15) is 14.4 Å². The first-order chi connectivity index (χ1) is 14.4. The van der Waals surface area contributed by atoms with E-state index in [4.69, 9.17) is 0 Å². The Morgan fingerprint density at radius 1 is 0.967 bits per heavy atom. The fraction of sp³-hybridized carbons (Fsp3) is 0.375. The predicted molar refractivity (Wildman–Crippen MR) is 116 cm³/mol. The molecule has 156 valence electrons. The number of nitrogens with one attached hydrogen (secondary N) is 2. The van der Waals surface area contributed by atoms with Crippen LogP contribution in [0.2, 0.25) is 0 Å². The Balaban J connectivity index is 1.33. The van der Waals surface area contributed by atoms with Crippen molar-refractivity contribution in [2.24, 2.45) is 11.8 Å². The van der Waals surface area contributed by atoms with Crippen molar-refractivity contribution in [1.82, 2.24) is 5.32 Å². The van der Waals surface area contributed by atoms with Crippen LogP contribution in [0.1, 0.15) is 43.4 Å². The Bertz CT molecular complexity index is 949. The summed E-state index contributed by atoms with van der Waals surface area (Å²) in [5, 5.41) is 5.94. The molecule has 2 aliphatic rings. The van der Waals surface area contributed by atoms with Gasteiger partial charge in [-0.25, -0.2) is 0 Å². The molecule has 1 saturated heterocycles. The molecule has 0 aromatic heterocycles. The maximum Gasteiger partial charge on any atom is 0.227 e. The molecule has 2 atom stereocenters. The number of carbonyl (C=O) groups excluding carboxylic acids is 3. The van der Waals surface area contributed by atoms with Crippen LogP contribution < -0.4 is 15.5 Å². The third kappa shape index (κ3) is 4.53. The number of amides is 3. The van der Waals surface area contributed by atoms with Gasteiger partial charge in [0.1, 0.15) is 0 Å². The molecule has 0 spiro atoms. The molecule has 30 heavy (non-hydrogen) atoms. The first-order valence-corrected chi connectivity index (χ1v) is 10.5. The Morgan fingerprint density at radius 2 is 1.63 bits per heavy atom. The molecule has 1 saturated carbocycles. The second kappa shape index (κ2) is 8.30. The van der Waals surface area contributed by atoms with Crippen molar-refractivity contribution < 1.29 is 14.4 Å². The fourth-order valence-electron chi connectivity index (χ4n) is 3.72. The second-order valence-electron chi connectivity index (χ2n) is 8.36. The van der Waals surface area contributed by atoms with Gasteiger partial charge in [-0.05, 0) is 56.5 Å². The molecule has 1 aliphatic carbocycles. The minimum atomic E-state index is -0.363. The third-order valence-electron chi connectivity index (χ3n) is 5.83. The number of benzene rings is 2. The Morgan fingerprint density at radius 3 is 2.27 bits per heavy atom. The molecule has 0 bridgehead atoms. The quantitative estimate of drug-likeness (QED) is 0.771. The first kappa shape index (κ1) is 20.1. The zero-order chi connectivity index (χ0) is 21.3. The Hall–Kier alpha value is -3.15. The highest BCUT2D eigenvalue weighted by Gasteiger charge is 2.35. The van der Waals surface area contributed by atoms with Crippen molar-refractivity contribution in [3.8, 4) is 0 Å². The molecule has 2 aromatic carbocycles. The molecule has 1 aliphatic heterocycles. The van der Waals surface area contributed by atoms with Crippen molar-refractivity contribution in [1.29, 1.82) is 0 Å². The van der Waals surface area contributed by atoms with E-state index in [1.165, 1.54) is 0 Å². The van der Waals surface area contributed by atoms with Crippen LogP contribution in [-0.4, -0.2) is 24.3 Å². The predicted octanol–water partition coefficient (Wildman–Crippen LogP) is 3.57. The maximum atomic E-state index is 12.8. The van der Waals surface area contributed by atoms with Crippen molar-refractivity contribution in [3.63, 3.8) is 0 Å². The van der Waals surface area contributed by atoms with Gasteiger partial charge >= 0.3 is 0 Å². The molecule has 6 nitrogen and oxygen atoms in total. The highest BCUT2D eigenvalue weighted by atomic mass is 16.2. The van der Waals surface area contributed by atoms with Crippen molar-refractivity contribution in [2.45, 2.75) is 39.2 Å². The lowest BCUT2D eigenvalue weighted by Gasteiger charge is -2.19. The molecular weight excluding hydrogens is 378 g/mol. The zero-order valence-corrected chi connectivity index (χ0v) is 17.4. The van der Waals surface area contributed by atoms with E-state index < -0.39 is 0 Å². The summed E-state index contributed by atoms with van der Waals surface area (Å²) in [4.78, 5) is 38.7. The molecule has 2 aromatic rings. The van der Waals surface area contributed by atoms with Crippen LogP contribution in [0.4, 0.5) is 11.4 Å². The molecule has 2 unspecified atom stereocenters. The van der Waals surface area contributed by atoms with Gasteiger partial charge in [0.15, 0.2) is 0 Å². The van der Waals surface area contributed by atoms with Gasteiger partial charge in [-0.3, -0.25) is 14.4 Å². The molecule has 4 rings (SSSR count). The summed E-state index contributed by atoms with van der Waals surface area (Å²) in [7, 11) is 0. The van der Waals surface area contributed by atoms with Crippen LogP contribution in [0.15, 0.2) is 48.5 Å². The molecule has 6 heteroatoms. The van der Waals surface area contributed by atoms with E-state index in [2.05, 4.69) is 10.6 Å². The summed E-state index contributed by atoms with van der Waals surface area (Å²) in [6.07, 6.45) is 2.16. The summed E-state index contributed by atoms with van der Waals surface area (Å²) in [6, 6.07) is 15.1. The number of hydrogen-bond acceptors (Lipinski definition) is 3. The Kier molecular flexibility index (Phi) is 5.57. The standard InChI is InChI=1S/C24H27N3O3/c1-15-3-11-21(12-4-15)27-14-19(13-22(27)28)24(30)25-16(2)17-7-9-20(10-8-17)26-23(29)18-5-6-18/h3-4,7-12,16,18-19H,5-6,13-14H2,1-2H3,(H,25,30)(H,26,29). The molecule has 1 heterocycles. The largest absolute Gasteiger partial charge is 0.349 e. The lowest BCUT2D eigenvalue weighted by molar-refractivity contribution is -0.126. The molecule has 2 fully saturated rings. The maximum absolute atomic E-state index is 12.8. The lowest BCUT2D eigenvalue weighted by atomic mass is 10.0. The summed E-state index contributed by atoms with van der Waals surface area (Å²) in [6.45, 7) is 4.32. The minimum Gasteiger partial charge on any atom is -0.349 e. The van der Waals surface area contributed by atoms with E-state index in [0.717, 1.165) is 35.3 Å². The lowest BCUT2D eigenvalue weighted by Crippen LogP contribution is -2.34. The topological polar surface area (TPSA) is 78.5 Å². The van der Waals surface area contributed by atoms with Crippen LogP contribution in [0.25, 0.3) is 0 Å². The number of nitrogens with zero attached hydrogens (tertiary/aromatic N) is 1. The van der Waals surface area contributed by atoms with Crippen LogP contribution >= 0.6 is 0 Å². The van der Waals surface area contributed by atoms with Gasteiger partial charge in [0, 0.05) is 30.3 Å². The number of aryl methyl sites for hydroxylation is 1. The average molecular weight is 405 g/mol. The number of carbonyl (C=O) groups is 3. The molecule has 2 N–H and O–H groups in total. The monoisotopic (exact) mass is 405 g/mol. The van der Waals surface area contributed by atoms with Gasteiger partial charge in [-0.15, -0.1) is 0 Å². The van der Waals surface area contributed by atoms with Crippen LogP contribution in [0.5, 0.6) is 0 Å². The first-order valence-electron chi connectivity index (χ1n) is 10.5. The van der Waals surface area contributed by atoms with Gasteiger partial charge < -0.3 is 15.5 Å². The average Bonchev–Trinajstić information content (AvgIpc) is 3.51. The fourth-order valence-corrected chi connectivity index (χ4v) is 3.72.